The van der Waals surface area contributed by atoms with Crippen LogP contribution < -0.4 is 11.1 Å². The van der Waals surface area contributed by atoms with Gasteiger partial charge in [0.2, 0.25) is 0 Å². The number of para-hydroxylation sites is 1. The fourth-order valence-electron chi connectivity index (χ4n) is 2.48. The van der Waals surface area contributed by atoms with Gasteiger partial charge in [-0.25, -0.2) is 0 Å². The van der Waals surface area contributed by atoms with Crippen molar-refractivity contribution in [2.75, 3.05) is 5.73 Å². The summed E-state index contributed by atoms with van der Waals surface area (Å²) < 4.78 is 0. The number of thiophene rings is 1. The highest BCUT2D eigenvalue weighted by atomic mass is 35.5. The number of anilines is 1. The number of hydrogen-bond donors (Lipinski definition) is 2. The van der Waals surface area contributed by atoms with Crippen molar-refractivity contribution < 1.29 is 4.79 Å². The van der Waals surface area contributed by atoms with Crippen LogP contribution in [0.3, 0.4) is 0 Å². The van der Waals surface area contributed by atoms with E-state index < -0.39 is 0 Å². The molecular formula is C15H15ClN2OS. The van der Waals surface area contributed by atoms with E-state index >= 15 is 0 Å². The van der Waals surface area contributed by atoms with E-state index in [1.807, 2.05) is 0 Å². The minimum absolute atomic E-state index is 0.182. The fourth-order valence-corrected chi connectivity index (χ4v) is 3.85. The Balaban J connectivity index is 1.68. The van der Waals surface area contributed by atoms with Crippen molar-refractivity contribution in [2.45, 2.75) is 25.8 Å². The van der Waals surface area contributed by atoms with Gasteiger partial charge in [0.05, 0.1) is 22.8 Å². The Hall–Kier alpha value is -1.52. The first-order valence-electron chi connectivity index (χ1n) is 6.58. The third-order valence-electron chi connectivity index (χ3n) is 3.52. The minimum atomic E-state index is -0.182. The Labute approximate surface area is 126 Å². The van der Waals surface area contributed by atoms with Gasteiger partial charge in [0, 0.05) is 9.75 Å². The van der Waals surface area contributed by atoms with Crippen LogP contribution in [0.4, 0.5) is 5.69 Å². The molecule has 0 saturated heterocycles. The Kier molecular flexibility index (Phi) is 3.68. The van der Waals surface area contributed by atoms with Gasteiger partial charge < -0.3 is 11.1 Å². The number of fused-ring (bicyclic) bond motifs is 1. The van der Waals surface area contributed by atoms with Crippen LogP contribution in [0.15, 0.2) is 24.3 Å². The molecule has 1 aliphatic rings. The van der Waals surface area contributed by atoms with E-state index in [1.165, 1.54) is 34.6 Å². The molecule has 0 unspecified atom stereocenters. The molecule has 0 radical (unpaired) electrons. The maximum Gasteiger partial charge on any atom is 0.253 e. The summed E-state index contributed by atoms with van der Waals surface area (Å²) in [5.41, 5.74) is 8.03. The van der Waals surface area contributed by atoms with Crippen LogP contribution in [-0.2, 0) is 19.4 Å². The SMILES string of the molecule is Nc1c(Cl)cccc1C(=O)NCc1cc2c(s1)CCC2. The lowest BCUT2D eigenvalue weighted by Crippen LogP contribution is -2.23. The van der Waals surface area contributed by atoms with Gasteiger partial charge in [0.25, 0.3) is 5.91 Å². The molecule has 0 atom stereocenters. The van der Waals surface area contributed by atoms with Crippen molar-refractivity contribution in [3.8, 4) is 0 Å². The molecule has 104 valence electrons. The number of carbonyl (C=O) groups excluding carboxylic acids is 1. The minimum Gasteiger partial charge on any atom is -0.397 e. The highest BCUT2D eigenvalue weighted by molar-refractivity contribution is 7.12. The molecule has 1 aliphatic carbocycles. The number of benzene rings is 1. The Morgan fingerprint density at radius 3 is 3.05 bits per heavy atom. The van der Waals surface area contributed by atoms with Gasteiger partial charge in [-0.15, -0.1) is 11.3 Å². The van der Waals surface area contributed by atoms with E-state index in [9.17, 15) is 4.79 Å². The van der Waals surface area contributed by atoms with Gasteiger partial charge in [-0.3, -0.25) is 4.79 Å². The Morgan fingerprint density at radius 2 is 2.25 bits per heavy atom. The van der Waals surface area contributed by atoms with E-state index in [-0.39, 0.29) is 5.91 Å². The van der Waals surface area contributed by atoms with Crippen molar-refractivity contribution in [3.63, 3.8) is 0 Å². The highest BCUT2D eigenvalue weighted by Gasteiger charge is 2.16. The topological polar surface area (TPSA) is 55.1 Å². The zero-order valence-electron chi connectivity index (χ0n) is 10.9. The number of nitrogen functional groups attached to an aromatic ring is 1. The number of rotatable bonds is 3. The van der Waals surface area contributed by atoms with Crippen LogP contribution in [-0.4, -0.2) is 5.91 Å². The summed E-state index contributed by atoms with van der Waals surface area (Å²) in [6, 6.07) is 7.30. The monoisotopic (exact) mass is 306 g/mol. The number of nitrogens with one attached hydrogen (secondary N) is 1. The molecular weight excluding hydrogens is 292 g/mol. The predicted octanol–water partition coefficient (Wildman–Crippen LogP) is 3.40. The number of carbonyl (C=O) groups is 1. The average molecular weight is 307 g/mol. The summed E-state index contributed by atoms with van der Waals surface area (Å²) in [6.45, 7) is 0.544. The number of amides is 1. The van der Waals surface area contributed by atoms with Crippen LogP contribution in [0.1, 0.15) is 32.1 Å². The predicted molar refractivity (Wildman–Crippen MR) is 83.4 cm³/mol. The summed E-state index contributed by atoms with van der Waals surface area (Å²) >= 11 is 7.72. The molecule has 0 spiro atoms. The molecule has 20 heavy (non-hydrogen) atoms. The molecule has 3 rings (SSSR count). The smallest absolute Gasteiger partial charge is 0.253 e. The molecule has 0 saturated carbocycles. The van der Waals surface area contributed by atoms with Gasteiger partial charge in [-0.2, -0.15) is 0 Å². The second kappa shape index (κ2) is 5.46. The fraction of sp³-hybridized carbons (Fsp3) is 0.267. The van der Waals surface area contributed by atoms with E-state index in [1.54, 1.807) is 29.5 Å². The molecule has 5 heteroatoms. The molecule has 1 heterocycles. The third-order valence-corrected chi connectivity index (χ3v) is 5.09. The second-order valence-electron chi connectivity index (χ2n) is 4.90. The molecule has 1 aromatic carbocycles. The quantitative estimate of drug-likeness (QED) is 0.854. The Morgan fingerprint density at radius 1 is 1.40 bits per heavy atom. The van der Waals surface area contributed by atoms with E-state index in [0.717, 1.165) is 0 Å². The van der Waals surface area contributed by atoms with Crippen molar-refractivity contribution in [1.82, 2.24) is 5.32 Å². The normalized spacial score (nSPS) is 13.2. The summed E-state index contributed by atoms with van der Waals surface area (Å²) in [5, 5.41) is 3.31. The van der Waals surface area contributed by atoms with E-state index in [4.69, 9.17) is 17.3 Å². The van der Waals surface area contributed by atoms with Crippen LogP contribution in [0.2, 0.25) is 5.02 Å². The summed E-state index contributed by atoms with van der Waals surface area (Å²) in [4.78, 5) is 14.8. The number of hydrogen-bond acceptors (Lipinski definition) is 3. The molecule has 2 aromatic rings. The maximum absolute atomic E-state index is 12.1. The Bertz CT molecular complexity index is 644. The van der Waals surface area contributed by atoms with E-state index in [0.29, 0.717) is 22.8 Å². The average Bonchev–Trinajstić information content (AvgIpc) is 3.00. The second-order valence-corrected chi connectivity index (χ2v) is 6.53. The third kappa shape index (κ3) is 2.53. The first-order chi connectivity index (χ1) is 9.65. The van der Waals surface area contributed by atoms with Gasteiger partial charge >= 0.3 is 0 Å². The van der Waals surface area contributed by atoms with Gasteiger partial charge in [0.1, 0.15) is 0 Å². The molecule has 3 N–H and O–H groups in total. The summed E-state index contributed by atoms with van der Waals surface area (Å²) in [6.07, 6.45) is 3.60. The molecule has 1 aromatic heterocycles. The zero-order valence-corrected chi connectivity index (χ0v) is 12.5. The molecule has 0 aliphatic heterocycles. The van der Waals surface area contributed by atoms with Crippen LogP contribution >= 0.6 is 22.9 Å². The van der Waals surface area contributed by atoms with Gasteiger partial charge in [-0.1, -0.05) is 17.7 Å². The lowest BCUT2D eigenvalue weighted by atomic mass is 10.1. The van der Waals surface area contributed by atoms with Crippen molar-refractivity contribution in [1.29, 1.82) is 0 Å². The largest absolute Gasteiger partial charge is 0.397 e. The summed E-state index contributed by atoms with van der Waals surface area (Å²) in [7, 11) is 0. The van der Waals surface area contributed by atoms with Crippen LogP contribution in [0, 0.1) is 0 Å². The maximum atomic E-state index is 12.1. The first-order valence-corrected chi connectivity index (χ1v) is 7.77. The number of nitrogens with two attached hydrogens (primary N) is 1. The molecule has 3 nitrogen and oxygen atoms in total. The first kappa shape index (κ1) is 13.5. The van der Waals surface area contributed by atoms with Crippen molar-refractivity contribution >= 4 is 34.5 Å². The lowest BCUT2D eigenvalue weighted by molar-refractivity contribution is 0.0952. The number of aryl methyl sites for hydroxylation is 2. The zero-order chi connectivity index (χ0) is 14.1. The molecule has 0 fully saturated rings. The standard InChI is InChI=1S/C15H15ClN2OS/c16-12-5-2-4-11(14(12)17)15(19)18-8-10-7-9-3-1-6-13(9)20-10/h2,4-5,7H,1,3,6,8,17H2,(H,18,19). The highest BCUT2D eigenvalue weighted by Crippen LogP contribution is 2.30. The van der Waals surface area contributed by atoms with Crippen molar-refractivity contribution in [3.05, 3.63) is 50.2 Å². The van der Waals surface area contributed by atoms with Crippen LogP contribution in [0.5, 0.6) is 0 Å². The van der Waals surface area contributed by atoms with E-state index in [2.05, 4.69) is 11.4 Å². The van der Waals surface area contributed by atoms with Gasteiger partial charge in [0.15, 0.2) is 0 Å². The molecule has 1 amide bonds. The lowest BCUT2D eigenvalue weighted by Gasteiger charge is -2.07. The van der Waals surface area contributed by atoms with Gasteiger partial charge in [-0.05, 0) is 43.0 Å². The van der Waals surface area contributed by atoms with Crippen molar-refractivity contribution in [2.24, 2.45) is 0 Å². The number of halogens is 1. The molecule has 0 bridgehead atoms. The summed E-state index contributed by atoms with van der Waals surface area (Å²) in [5.74, 6) is -0.182. The van der Waals surface area contributed by atoms with Crippen LogP contribution in [0.25, 0.3) is 0 Å².